The molecule has 1 heterocycles. The van der Waals surface area contributed by atoms with Crippen molar-refractivity contribution < 1.29 is 123 Å². The van der Waals surface area contributed by atoms with Crippen molar-refractivity contribution in [3.63, 3.8) is 0 Å². The number of phenolic OH excluding ortho intramolecular Hbond substituents is 1. The van der Waals surface area contributed by atoms with Crippen LogP contribution in [0.5, 0.6) is 5.75 Å². The molecule has 646 valence electrons. The predicted molar refractivity (Wildman–Crippen MR) is 423 cm³/mol. The van der Waals surface area contributed by atoms with Gasteiger partial charge >= 0.3 is 5.97 Å². The van der Waals surface area contributed by atoms with Crippen LogP contribution in [0, 0.1) is 0 Å². The number of carboxylic acids is 1. The largest absolute Gasteiger partial charge is 0.508 e. The molecule has 0 spiro atoms. The Bertz CT molecular complexity index is 3980. The van der Waals surface area contributed by atoms with E-state index in [-0.39, 0.29) is 50.8 Å². The minimum atomic E-state index is -1.96. The number of rotatable bonds is 52. The van der Waals surface area contributed by atoms with Gasteiger partial charge in [0.25, 0.3) is 0 Å². The zero-order chi connectivity index (χ0) is 87.2. The van der Waals surface area contributed by atoms with Crippen LogP contribution < -0.4 is 85.9 Å². The lowest BCUT2D eigenvalue weighted by Crippen LogP contribution is -2.62. The van der Waals surface area contributed by atoms with Gasteiger partial charge in [-0.2, -0.15) is 25.3 Å². The van der Waals surface area contributed by atoms with Gasteiger partial charge in [0.15, 0.2) is 6.04 Å². The van der Waals surface area contributed by atoms with E-state index in [1.54, 1.807) is 67.7 Å². The lowest BCUT2D eigenvalue weighted by Gasteiger charge is -2.29. The summed E-state index contributed by atoms with van der Waals surface area (Å²) in [5.74, 6) is -18.7. The number of H-pyrrole nitrogens is 1. The zero-order valence-electron chi connectivity index (χ0n) is 64.3. The van der Waals surface area contributed by atoms with Crippen LogP contribution in [0.4, 0.5) is 0 Å². The summed E-state index contributed by atoms with van der Waals surface area (Å²) in [7, 11) is 0. The number of carboxylic acid groups (broad SMARTS) is 1. The third kappa shape index (κ3) is 31.7. The predicted octanol–water partition coefficient (Wildman–Crippen LogP) is -10.0. The first-order valence-electron chi connectivity index (χ1n) is 37.2. The fourth-order valence-electron chi connectivity index (χ4n) is 11.3. The first kappa shape index (κ1) is 98.7. The van der Waals surface area contributed by atoms with Crippen molar-refractivity contribution >= 4 is 125 Å². The summed E-state index contributed by atoms with van der Waals surface area (Å²) >= 11 is 8.39. The van der Waals surface area contributed by atoms with E-state index in [0.717, 1.165) is 13.8 Å². The number of aliphatic carboxylic acids is 1. The molecular weight excluding hydrogens is 1580 g/mol. The molecule has 44 heteroatoms. The highest BCUT2D eigenvalue weighted by atomic mass is 32.1. The average Bonchev–Trinajstić information content (AvgIpc) is 1.71. The molecule has 0 aliphatic heterocycles. The van der Waals surface area contributed by atoms with Gasteiger partial charge < -0.3 is 142 Å². The van der Waals surface area contributed by atoms with Gasteiger partial charge in [0.2, 0.25) is 82.7 Å². The smallest absolute Gasteiger partial charge is 0.328 e. The Labute approximate surface area is 682 Å². The monoisotopic (exact) mass is 1690 g/mol. The van der Waals surface area contributed by atoms with Crippen LogP contribution in [0.3, 0.4) is 0 Å². The number of nitrogens with one attached hydrogen (secondary N) is 15. The standard InChI is InChI=1S/C73H107N17O25S2/c1-4-5-16-45(78-65(106)51(30-93)84-67(108)53(32-95)86-68(109)52(31-94)85-66(107)50(29-92)82-59(100)43(75)28-91)60(101)79-48(25-39-19-21-41(99)22-20-39)63(104)83-54(33-96)69(110)87-55(34-116)70(111)80-47(24-38-13-7-6-8-14-38)62(103)81-49(26-40-27-76-44-17-10-9-15-42(40)44)64(105)77-46(18-11-12-23-74)61(102)89-57(36(2)97)72(113)88-56(35-117)71(112)90-58(37(3)98)73(114)115/h6-10,13-15,17,19-22,27,36-37,43,45-58,76,91-99,116-117H,4-5,11-12,16,18,23-26,28-35,74-75H2,1-3H3,(H,77,105)(H,78,106)(H,79,101)(H,80,111)(H,81,103)(H,82,100)(H,83,104)(H,84,108)(H,85,107)(H,86,109)(H,87,110)(H,88,113)(H,89,102)(H,90,112)(H,114,115)/t36-,37-,43-,45+,46+,47+,48-,49-,50+,51-,52-,53+,54-,55+,56+,57+,58+/m1/s1. The number of benzene rings is 3. The molecule has 0 saturated carbocycles. The number of aliphatic hydroxyl groups is 8. The van der Waals surface area contributed by atoms with Crippen LogP contribution in [-0.4, -0.2) is 305 Å². The Morgan fingerprint density at radius 2 is 0.718 bits per heavy atom. The maximum atomic E-state index is 15.0. The number of aromatic hydroxyl groups is 1. The Morgan fingerprint density at radius 1 is 0.385 bits per heavy atom. The van der Waals surface area contributed by atoms with Crippen molar-refractivity contribution in [1.29, 1.82) is 0 Å². The van der Waals surface area contributed by atoms with Gasteiger partial charge in [-0.15, -0.1) is 0 Å². The molecule has 29 N–H and O–H groups in total. The molecule has 0 radical (unpaired) electrons. The van der Waals surface area contributed by atoms with Crippen LogP contribution in [0.2, 0.25) is 0 Å². The van der Waals surface area contributed by atoms with Crippen LogP contribution in [0.15, 0.2) is 85.1 Å². The van der Waals surface area contributed by atoms with Crippen LogP contribution in [-0.2, 0) is 91.2 Å². The molecular formula is C73H107N17O25S2. The van der Waals surface area contributed by atoms with Gasteiger partial charge in [-0.25, -0.2) is 4.79 Å². The molecule has 1 aromatic heterocycles. The van der Waals surface area contributed by atoms with E-state index in [1.165, 1.54) is 24.3 Å². The molecule has 0 aliphatic carbocycles. The molecule has 0 bridgehead atoms. The second kappa shape index (κ2) is 50.7. The Balaban J connectivity index is 1.60. The number of aliphatic hydroxyl groups excluding tert-OH is 8. The van der Waals surface area contributed by atoms with Crippen LogP contribution in [0.1, 0.15) is 76.0 Å². The molecule has 4 aromatic rings. The van der Waals surface area contributed by atoms with E-state index in [2.05, 4.69) is 88.7 Å². The number of hydrogen-bond donors (Lipinski definition) is 29. The summed E-state index contributed by atoms with van der Waals surface area (Å²) < 4.78 is 0. The molecule has 17 atom stereocenters. The summed E-state index contributed by atoms with van der Waals surface area (Å²) in [5.41, 5.74) is 13.1. The number of hydrogen-bond acceptors (Lipinski definition) is 28. The van der Waals surface area contributed by atoms with E-state index in [0.29, 0.717) is 40.4 Å². The van der Waals surface area contributed by atoms with Crippen molar-refractivity contribution in [3.8, 4) is 5.75 Å². The van der Waals surface area contributed by atoms with Crippen molar-refractivity contribution in [1.82, 2.24) is 79.4 Å². The number of thiol groups is 2. The number of nitrogens with two attached hydrogens (primary N) is 2. The molecule has 42 nitrogen and oxygen atoms in total. The molecule has 0 fully saturated rings. The topological polar surface area (TPSA) is 695 Å². The second-order valence-corrected chi connectivity index (χ2v) is 27.9. The van der Waals surface area contributed by atoms with Gasteiger partial charge in [0.1, 0.15) is 90.3 Å². The highest BCUT2D eigenvalue weighted by Gasteiger charge is 2.39. The van der Waals surface area contributed by atoms with E-state index in [4.69, 9.17) is 16.6 Å². The molecule has 14 amide bonds. The number of para-hydroxylation sites is 1. The maximum Gasteiger partial charge on any atom is 0.328 e. The first-order valence-corrected chi connectivity index (χ1v) is 38.5. The van der Waals surface area contributed by atoms with Gasteiger partial charge in [-0.05, 0) is 81.0 Å². The Kier molecular flexibility index (Phi) is 42.8. The molecule has 0 unspecified atom stereocenters. The molecule has 4 rings (SSSR count). The van der Waals surface area contributed by atoms with Crippen molar-refractivity contribution in [3.05, 3.63) is 102 Å². The summed E-state index contributed by atoms with van der Waals surface area (Å²) in [6.45, 7) is -2.47. The number of phenols is 1. The Hall–Kier alpha value is -10.6. The number of aromatic nitrogens is 1. The average molecular weight is 1690 g/mol. The quantitative estimate of drug-likeness (QED) is 0.0144. The van der Waals surface area contributed by atoms with Gasteiger partial charge in [-0.3, -0.25) is 67.1 Å². The highest BCUT2D eigenvalue weighted by molar-refractivity contribution is 7.80. The lowest BCUT2D eigenvalue weighted by atomic mass is 10.0. The number of carbonyl (C=O) groups excluding carboxylic acids is 14. The van der Waals surface area contributed by atoms with Gasteiger partial charge in [-0.1, -0.05) is 80.4 Å². The first-order chi connectivity index (χ1) is 55.7. The third-order valence-corrected chi connectivity index (χ3v) is 18.8. The molecule has 0 aliphatic rings. The maximum absolute atomic E-state index is 15.0. The summed E-state index contributed by atoms with van der Waals surface area (Å²) in [6, 6.07) is -5.56. The van der Waals surface area contributed by atoms with Crippen LogP contribution in [0.25, 0.3) is 10.9 Å². The summed E-state index contributed by atoms with van der Waals surface area (Å²) in [6.07, 6.45) is -1.81. The van der Waals surface area contributed by atoms with Crippen molar-refractivity contribution in [2.24, 2.45) is 11.5 Å². The van der Waals surface area contributed by atoms with Crippen LogP contribution >= 0.6 is 25.3 Å². The molecule has 117 heavy (non-hydrogen) atoms. The van der Waals surface area contributed by atoms with E-state index in [9.17, 15) is 113 Å². The van der Waals surface area contributed by atoms with E-state index < -0.39 is 249 Å². The SMILES string of the molecule is CCCC[C@H](NC(=O)[C@@H](CO)NC(=O)[C@H](CO)NC(=O)[C@@H](CO)NC(=O)[C@H](CO)NC(=O)[C@H](N)CO)C(=O)N[C@H](Cc1ccc(O)cc1)C(=O)N[C@H](CO)C(=O)N[C@@H](CS)C(=O)N[C@@H](Cc1ccccc1)C(=O)N[C@H](Cc1c[nH]c2ccccc12)C(=O)N[C@@H](CCCCN)C(=O)N[C@H](C(=O)N[C@@H](CS)C(=O)N[C@H](C(=O)O)[C@@H](C)O)[C@@H](C)O. The van der Waals surface area contributed by atoms with Gasteiger partial charge in [0, 0.05) is 47.9 Å². The number of unbranched alkanes of at least 4 members (excludes halogenated alkanes) is 2. The highest BCUT2D eigenvalue weighted by Crippen LogP contribution is 2.21. The van der Waals surface area contributed by atoms with Crippen molar-refractivity contribution in [2.75, 3.05) is 57.7 Å². The molecule has 0 saturated heterocycles. The fourth-order valence-corrected chi connectivity index (χ4v) is 11.8. The number of aromatic amines is 1. The zero-order valence-corrected chi connectivity index (χ0v) is 66.1. The van der Waals surface area contributed by atoms with Crippen molar-refractivity contribution in [2.45, 2.75) is 181 Å². The Morgan fingerprint density at radius 3 is 1.13 bits per heavy atom. The molecule has 3 aromatic carbocycles. The number of carbonyl (C=O) groups is 15. The third-order valence-electron chi connectivity index (χ3n) is 18.1. The minimum Gasteiger partial charge on any atom is -0.508 e. The van der Waals surface area contributed by atoms with E-state index >= 15 is 4.79 Å². The summed E-state index contributed by atoms with van der Waals surface area (Å²) in [4.78, 5) is 209. The van der Waals surface area contributed by atoms with E-state index in [1.807, 2.05) is 16.0 Å². The lowest BCUT2D eigenvalue weighted by molar-refractivity contribution is -0.145. The van der Waals surface area contributed by atoms with Gasteiger partial charge in [0.05, 0.1) is 51.8 Å². The fraction of sp³-hybridized carbons (Fsp3) is 0.521. The summed E-state index contributed by atoms with van der Waals surface area (Å²) in [5, 5.41) is 133. The minimum absolute atomic E-state index is 0.138. The normalized spacial score (nSPS) is 15.6. The second-order valence-electron chi connectivity index (χ2n) is 27.1. The number of fused-ring (bicyclic) bond motifs is 1. The number of amides is 14.